The zero-order chi connectivity index (χ0) is 12.1. The van der Waals surface area contributed by atoms with Crippen LogP contribution in [-0.4, -0.2) is 17.9 Å². The third-order valence-corrected chi connectivity index (χ3v) is 1.85. The van der Waals surface area contributed by atoms with Crippen molar-refractivity contribution in [2.45, 2.75) is 0 Å². The van der Waals surface area contributed by atoms with Gasteiger partial charge in [0.25, 0.3) is 5.69 Å². The molecule has 1 aromatic rings. The summed E-state index contributed by atoms with van der Waals surface area (Å²) in [6, 6.07) is 4.08. The van der Waals surface area contributed by atoms with Crippen LogP contribution in [0.15, 0.2) is 24.3 Å². The lowest BCUT2D eigenvalue weighted by atomic mass is 10.1. The summed E-state index contributed by atoms with van der Waals surface area (Å²) in [5, 5.41) is 10.5. The maximum Gasteiger partial charge on any atom is 0.270 e. The average Bonchev–Trinajstić information content (AvgIpc) is 2.25. The Labute approximate surface area is 91.5 Å². The maximum absolute atomic E-state index is 10.6. The van der Waals surface area contributed by atoms with Crippen molar-refractivity contribution >= 4 is 17.7 Å². The second kappa shape index (κ2) is 4.92. The molecule has 0 bridgehead atoms. The normalized spacial score (nSPS) is 10.3. The van der Waals surface area contributed by atoms with E-state index in [9.17, 15) is 14.9 Å². The van der Waals surface area contributed by atoms with Gasteiger partial charge in [-0.2, -0.15) is 0 Å². The lowest BCUT2D eigenvalue weighted by Crippen LogP contribution is -2.05. The molecule has 0 saturated carbocycles. The number of nitrogens with zero attached hydrogens (tertiary/aromatic N) is 1. The molecule has 0 aliphatic carbocycles. The lowest BCUT2D eigenvalue weighted by Gasteiger charge is -2.03. The summed E-state index contributed by atoms with van der Waals surface area (Å²) in [5.41, 5.74) is 5.28. The second-order valence-electron chi connectivity index (χ2n) is 2.92. The Morgan fingerprint density at radius 1 is 1.56 bits per heavy atom. The minimum Gasteiger partial charge on any atom is -0.496 e. The van der Waals surface area contributed by atoms with E-state index >= 15 is 0 Å². The lowest BCUT2D eigenvalue weighted by molar-refractivity contribution is -0.384. The molecule has 1 aromatic carbocycles. The highest BCUT2D eigenvalue weighted by molar-refractivity contribution is 5.90. The molecule has 6 heteroatoms. The molecule has 84 valence electrons. The number of methoxy groups -OCH3 is 1. The summed E-state index contributed by atoms with van der Waals surface area (Å²) < 4.78 is 4.99. The van der Waals surface area contributed by atoms with Gasteiger partial charge in [-0.3, -0.25) is 14.9 Å². The maximum atomic E-state index is 10.6. The number of amides is 1. The summed E-state index contributed by atoms with van der Waals surface area (Å²) in [6.45, 7) is 0. The Hall–Kier alpha value is -2.37. The SMILES string of the molecule is COc1ccc([N+](=O)[O-])cc1C=CC(N)=O. The first-order valence-corrected chi connectivity index (χ1v) is 4.34. The van der Waals surface area contributed by atoms with Crippen LogP contribution >= 0.6 is 0 Å². The predicted octanol–water partition coefficient (Wildman–Crippen LogP) is 1.10. The summed E-state index contributed by atoms with van der Waals surface area (Å²) in [4.78, 5) is 20.6. The van der Waals surface area contributed by atoms with Gasteiger partial charge in [-0.25, -0.2) is 0 Å². The molecule has 16 heavy (non-hydrogen) atoms. The van der Waals surface area contributed by atoms with Crippen molar-refractivity contribution in [2.75, 3.05) is 7.11 Å². The van der Waals surface area contributed by atoms with Crippen LogP contribution in [0.5, 0.6) is 5.75 Å². The molecule has 0 spiro atoms. The highest BCUT2D eigenvalue weighted by atomic mass is 16.6. The van der Waals surface area contributed by atoms with E-state index in [1.165, 1.54) is 31.4 Å². The van der Waals surface area contributed by atoms with Gasteiger partial charge in [-0.05, 0) is 12.1 Å². The number of carbonyl (C=O) groups is 1. The summed E-state index contributed by atoms with van der Waals surface area (Å²) >= 11 is 0. The number of non-ortho nitro benzene ring substituents is 1. The fourth-order valence-electron chi connectivity index (χ4n) is 1.14. The molecule has 2 N–H and O–H groups in total. The number of nitro groups is 1. The van der Waals surface area contributed by atoms with Crippen LogP contribution in [0.25, 0.3) is 6.08 Å². The van der Waals surface area contributed by atoms with E-state index in [4.69, 9.17) is 10.5 Å². The van der Waals surface area contributed by atoms with Crippen molar-refractivity contribution < 1.29 is 14.5 Å². The van der Waals surface area contributed by atoms with Crippen molar-refractivity contribution in [1.82, 2.24) is 0 Å². The zero-order valence-electron chi connectivity index (χ0n) is 8.54. The van der Waals surface area contributed by atoms with E-state index in [2.05, 4.69) is 0 Å². The molecule has 1 amide bonds. The van der Waals surface area contributed by atoms with Gasteiger partial charge in [0, 0.05) is 23.8 Å². The van der Waals surface area contributed by atoms with Gasteiger partial charge in [0.2, 0.25) is 5.91 Å². The third-order valence-electron chi connectivity index (χ3n) is 1.85. The number of hydrogen-bond donors (Lipinski definition) is 1. The Kier molecular flexibility index (Phi) is 3.60. The van der Waals surface area contributed by atoms with Gasteiger partial charge in [0.05, 0.1) is 12.0 Å². The molecular weight excluding hydrogens is 212 g/mol. The molecule has 0 fully saturated rings. The molecule has 1 rings (SSSR count). The number of benzene rings is 1. The fraction of sp³-hybridized carbons (Fsp3) is 0.100. The van der Waals surface area contributed by atoms with Crippen LogP contribution in [0.3, 0.4) is 0 Å². The van der Waals surface area contributed by atoms with Crippen molar-refractivity contribution in [3.05, 3.63) is 40.0 Å². The van der Waals surface area contributed by atoms with Crippen molar-refractivity contribution in [3.8, 4) is 5.75 Å². The van der Waals surface area contributed by atoms with Crippen LogP contribution in [-0.2, 0) is 4.79 Å². The molecule has 0 atom stereocenters. The summed E-state index contributed by atoms with van der Waals surface area (Å²) in [5.74, 6) is -0.198. The van der Waals surface area contributed by atoms with E-state index < -0.39 is 10.8 Å². The van der Waals surface area contributed by atoms with Crippen molar-refractivity contribution in [2.24, 2.45) is 5.73 Å². The van der Waals surface area contributed by atoms with Crippen LogP contribution in [0, 0.1) is 10.1 Å². The Morgan fingerprint density at radius 2 is 2.25 bits per heavy atom. The van der Waals surface area contributed by atoms with E-state index in [0.29, 0.717) is 11.3 Å². The quantitative estimate of drug-likeness (QED) is 0.468. The molecule has 0 unspecified atom stereocenters. The number of ether oxygens (including phenoxy) is 1. The highest BCUT2D eigenvalue weighted by Gasteiger charge is 2.09. The highest BCUT2D eigenvalue weighted by Crippen LogP contribution is 2.24. The molecule has 0 saturated heterocycles. The summed E-state index contributed by atoms with van der Waals surface area (Å²) in [6.07, 6.45) is 2.48. The molecule has 0 aliphatic rings. The van der Waals surface area contributed by atoms with Gasteiger partial charge in [-0.15, -0.1) is 0 Å². The Balaban J connectivity index is 3.16. The van der Waals surface area contributed by atoms with E-state index in [1.54, 1.807) is 0 Å². The number of hydrogen-bond acceptors (Lipinski definition) is 4. The number of primary amides is 1. The van der Waals surface area contributed by atoms with Crippen LogP contribution in [0.2, 0.25) is 0 Å². The van der Waals surface area contributed by atoms with Gasteiger partial charge >= 0.3 is 0 Å². The van der Waals surface area contributed by atoms with Gasteiger partial charge in [-0.1, -0.05) is 0 Å². The van der Waals surface area contributed by atoms with Crippen LogP contribution < -0.4 is 10.5 Å². The first kappa shape index (κ1) is 11.7. The van der Waals surface area contributed by atoms with Gasteiger partial charge < -0.3 is 10.5 Å². The Morgan fingerprint density at radius 3 is 2.75 bits per heavy atom. The predicted molar refractivity (Wildman–Crippen MR) is 57.9 cm³/mol. The number of rotatable bonds is 4. The first-order chi connectivity index (χ1) is 7.54. The Bertz CT molecular complexity index is 454. The molecule has 0 aliphatic heterocycles. The number of nitro benzene ring substituents is 1. The third kappa shape index (κ3) is 2.81. The largest absolute Gasteiger partial charge is 0.496 e. The van der Waals surface area contributed by atoms with Gasteiger partial charge in [0.15, 0.2) is 0 Å². The van der Waals surface area contributed by atoms with E-state index in [0.717, 1.165) is 6.08 Å². The van der Waals surface area contributed by atoms with Crippen LogP contribution in [0.4, 0.5) is 5.69 Å². The molecule has 0 aromatic heterocycles. The minimum atomic E-state index is -0.631. The summed E-state index contributed by atoms with van der Waals surface area (Å²) in [7, 11) is 1.43. The average molecular weight is 222 g/mol. The van der Waals surface area contributed by atoms with Crippen LogP contribution in [0.1, 0.15) is 5.56 Å². The second-order valence-corrected chi connectivity index (χ2v) is 2.92. The number of nitrogens with two attached hydrogens (primary N) is 1. The standard InChI is InChI=1S/C10H10N2O4/c1-16-9-4-3-8(12(14)15)6-7(9)2-5-10(11)13/h2-6H,1H3,(H2,11,13). The topological polar surface area (TPSA) is 95.5 Å². The molecular formula is C10H10N2O4. The first-order valence-electron chi connectivity index (χ1n) is 4.34. The van der Waals surface area contributed by atoms with Gasteiger partial charge in [0.1, 0.15) is 5.75 Å². The van der Waals surface area contributed by atoms with E-state index in [-0.39, 0.29) is 5.69 Å². The molecule has 6 nitrogen and oxygen atoms in total. The zero-order valence-corrected chi connectivity index (χ0v) is 8.54. The van der Waals surface area contributed by atoms with Crippen molar-refractivity contribution in [3.63, 3.8) is 0 Å². The smallest absolute Gasteiger partial charge is 0.270 e. The molecule has 0 radical (unpaired) electrons. The monoisotopic (exact) mass is 222 g/mol. The number of carbonyl (C=O) groups excluding carboxylic acids is 1. The minimum absolute atomic E-state index is 0.0788. The van der Waals surface area contributed by atoms with Crippen molar-refractivity contribution in [1.29, 1.82) is 0 Å². The van der Waals surface area contributed by atoms with E-state index in [1.807, 2.05) is 0 Å². The fourth-order valence-corrected chi connectivity index (χ4v) is 1.14. The molecule has 0 heterocycles.